The fourth-order valence-corrected chi connectivity index (χ4v) is 5.01. The molecule has 0 unspecified atom stereocenters. The van der Waals surface area contributed by atoms with Gasteiger partial charge in [0, 0.05) is 6.54 Å². The maximum atomic E-state index is 11.6. The summed E-state index contributed by atoms with van der Waals surface area (Å²) < 4.78 is 23.2. The summed E-state index contributed by atoms with van der Waals surface area (Å²) in [6, 6.07) is 0.0588. The molecule has 5 nitrogen and oxygen atoms in total. The summed E-state index contributed by atoms with van der Waals surface area (Å²) in [4.78, 5) is 2.06. The molecule has 0 saturated carbocycles. The third-order valence-electron chi connectivity index (χ3n) is 3.65. The summed E-state index contributed by atoms with van der Waals surface area (Å²) in [5.74, 6) is 0.467. The molecule has 0 bridgehead atoms. The summed E-state index contributed by atoms with van der Waals surface area (Å²) in [6.45, 7) is 1.60. The third-order valence-corrected chi connectivity index (χ3v) is 5.71. The van der Waals surface area contributed by atoms with Gasteiger partial charge in [-0.2, -0.15) is 0 Å². The number of hydrogen-bond acceptors (Lipinski definition) is 4. The molecule has 2 fully saturated rings. The van der Waals surface area contributed by atoms with Crippen LogP contribution in [0, 0.1) is 0 Å². The van der Waals surface area contributed by atoms with Gasteiger partial charge in [-0.1, -0.05) is 12.8 Å². The van der Waals surface area contributed by atoms with Crippen molar-refractivity contribution >= 4 is 27.2 Å². The smallest absolute Gasteiger partial charge is 0.169 e. The van der Waals surface area contributed by atoms with E-state index in [1.54, 1.807) is 0 Å². The van der Waals surface area contributed by atoms with Crippen molar-refractivity contribution in [3.05, 3.63) is 0 Å². The summed E-state index contributed by atoms with van der Waals surface area (Å²) >= 11 is 5.27. The van der Waals surface area contributed by atoms with Crippen molar-refractivity contribution in [1.82, 2.24) is 10.2 Å². The van der Waals surface area contributed by atoms with Crippen LogP contribution in [0.5, 0.6) is 0 Å². The highest BCUT2D eigenvalue weighted by molar-refractivity contribution is 7.91. The van der Waals surface area contributed by atoms with Crippen molar-refractivity contribution in [3.8, 4) is 0 Å². The highest BCUT2D eigenvalue weighted by Gasteiger charge is 2.46. The van der Waals surface area contributed by atoms with Gasteiger partial charge in [-0.25, -0.2) is 8.42 Å². The standard InChI is InChI=1S/C11H21N3O2S2/c12-5-3-1-2-4-6-14-10-8-18(15,16)7-9(10)13-11(14)17/h9-10H,1-8,12H2,(H,13,17)/t9-,10+/m1/s1. The highest BCUT2D eigenvalue weighted by atomic mass is 32.2. The van der Waals surface area contributed by atoms with E-state index in [-0.39, 0.29) is 23.6 Å². The van der Waals surface area contributed by atoms with Crippen LogP contribution in [0.25, 0.3) is 0 Å². The summed E-state index contributed by atoms with van der Waals surface area (Å²) in [6.07, 6.45) is 4.37. The van der Waals surface area contributed by atoms with Crippen molar-refractivity contribution in [2.24, 2.45) is 5.73 Å². The number of fused-ring (bicyclic) bond motifs is 1. The van der Waals surface area contributed by atoms with E-state index in [4.69, 9.17) is 18.0 Å². The fourth-order valence-electron chi connectivity index (χ4n) is 2.71. The van der Waals surface area contributed by atoms with E-state index in [1.165, 1.54) is 0 Å². The molecular formula is C11H21N3O2S2. The number of nitrogens with two attached hydrogens (primary N) is 1. The molecule has 2 rings (SSSR count). The fraction of sp³-hybridized carbons (Fsp3) is 0.909. The first kappa shape index (κ1) is 14.0. The van der Waals surface area contributed by atoms with Crippen molar-refractivity contribution in [2.75, 3.05) is 24.6 Å². The molecule has 0 aliphatic carbocycles. The number of hydrogen-bond donors (Lipinski definition) is 2. The first-order chi connectivity index (χ1) is 8.53. The van der Waals surface area contributed by atoms with Gasteiger partial charge in [0.05, 0.1) is 23.6 Å². The quantitative estimate of drug-likeness (QED) is 0.524. The van der Waals surface area contributed by atoms with Gasteiger partial charge in [0.25, 0.3) is 0 Å². The summed E-state index contributed by atoms with van der Waals surface area (Å²) in [5, 5.41) is 3.85. The number of nitrogens with zero attached hydrogens (tertiary/aromatic N) is 1. The number of rotatable bonds is 6. The van der Waals surface area contributed by atoms with E-state index >= 15 is 0 Å². The molecule has 104 valence electrons. The van der Waals surface area contributed by atoms with Crippen molar-refractivity contribution < 1.29 is 8.42 Å². The van der Waals surface area contributed by atoms with Crippen LogP contribution in [0.2, 0.25) is 0 Å². The van der Waals surface area contributed by atoms with Crippen LogP contribution < -0.4 is 11.1 Å². The van der Waals surface area contributed by atoms with Crippen LogP contribution in [0.3, 0.4) is 0 Å². The molecule has 2 heterocycles. The molecule has 2 saturated heterocycles. The van der Waals surface area contributed by atoms with Gasteiger partial charge in [0.15, 0.2) is 14.9 Å². The molecule has 3 N–H and O–H groups in total. The number of thiocarbonyl (C=S) groups is 1. The highest BCUT2D eigenvalue weighted by Crippen LogP contribution is 2.24. The predicted molar refractivity (Wildman–Crippen MR) is 76.2 cm³/mol. The number of nitrogens with one attached hydrogen (secondary N) is 1. The second-order valence-electron chi connectivity index (χ2n) is 5.10. The molecule has 0 spiro atoms. The Hall–Kier alpha value is -0.400. The summed E-state index contributed by atoms with van der Waals surface area (Å²) in [7, 11) is -2.88. The topological polar surface area (TPSA) is 75.4 Å². The van der Waals surface area contributed by atoms with Crippen molar-refractivity contribution in [1.29, 1.82) is 0 Å². The van der Waals surface area contributed by atoms with E-state index in [0.717, 1.165) is 43.9 Å². The van der Waals surface area contributed by atoms with Crippen LogP contribution in [-0.2, 0) is 9.84 Å². The van der Waals surface area contributed by atoms with E-state index in [0.29, 0.717) is 0 Å². The second-order valence-corrected chi connectivity index (χ2v) is 7.64. The Morgan fingerprint density at radius 3 is 2.72 bits per heavy atom. The average molecular weight is 291 g/mol. The number of sulfone groups is 1. The zero-order valence-corrected chi connectivity index (χ0v) is 12.1. The molecular weight excluding hydrogens is 270 g/mol. The van der Waals surface area contributed by atoms with Crippen molar-refractivity contribution in [3.63, 3.8) is 0 Å². The third kappa shape index (κ3) is 3.13. The molecule has 2 aliphatic heterocycles. The van der Waals surface area contributed by atoms with Gasteiger partial charge in [0.2, 0.25) is 0 Å². The minimum Gasteiger partial charge on any atom is -0.357 e. The minimum absolute atomic E-state index is 0.00606. The molecule has 0 radical (unpaired) electrons. The van der Waals surface area contributed by atoms with Gasteiger partial charge < -0.3 is 16.0 Å². The van der Waals surface area contributed by atoms with Gasteiger partial charge in [-0.05, 0) is 31.6 Å². The van der Waals surface area contributed by atoms with Gasteiger partial charge in [-0.3, -0.25) is 0 Å². The van der Waals surface area contributed by atoms with Crippen LogP contribution >= 0.6 is 12.2 Å². The SMILES string of the molecule is NCCCCCCN1C(=S)N[C@@H]2CS(=O)(=O)C[C@@H]21. The monoisotopic (exact) mass is 291 g/mol. The Kier molecular flexibility index (Phi) is 4.45. The molecule has 0 aromatic rings. The zero-order chi connectivity index (χ0) is 13.2. The Morgan fingerprint density at radius 1 is 1.28 bits per heavy atom. The lowest BCUT2D eigenvalue weighted by atomic mass is 10.1. The van der Waals surface area contributed by atoms with E-state index in [9.17, 15) is 8.42 Å². The minimum atomic E-state index is -2.88. The Labute approximate surface area is 114 Å². The normalized spacial score (nSPS) is 29.4. The lowest BCUT2D eigenvalue weighted by Crippen LogP contribution is -2.37. The lowest BCUT2D eigenvalue weighted by Gasteiger charge is -2.23. The molecule has 0 aromatic heterocycles. The average Bonchev–Trinajstić information content (AvgIpc) is 2.71. The van der Waals surface area contributed by atoms with Gasteiger partial charge in [-0.15, -0.1) is 0 Å². The van der Waals surface area contributed by atoms with E-state index in [1.807, 2.05) is 0 Å². The first-order valence-corrected chi connectivity index (χ1v) is 8.74. The molecule has 18 heavy (non-hydrogen) atoms. The van der Waals surface area contributed by atoms with Crippen LogP contribution in [0.4, 0.5) is 0 Å². The second kappa shape index (κ2) is 5.71. The summed E-state index contributed by atoms with van der Waals surface area (Å²) in [5.41, 5.74) is 5.45. The van der Waals surface area contributed by atoms with Crippen LogP contribution in [0.1, 0.15) is 25.7 Å². The zero-order valence-electron chi connectivity index (χ0n) is 10.5. The Balaban J connectivity index is 1.82. The Bertz CT molecular complexity index is 411. The maximum Gasteiger partial charge on any atom is 0.169 e. The molecule has 0 amide bonds. The van der Waals surface area contributed by atoms with Gasteiger partial charge >= 0.3 is 0 Å². The maximum absolute atomic E-state index is 11.6. The Morgan fingerprint density at radius 2 is 2.00 bits per heavy atom. The van der Waals surface area contributed by atoms with Gasteiger partial charge in [0.1, 0.15) is 0 Å². The molecule has 2 aliphatic rings. The molecule has 0 aromatic carbocycles. The predicted octanol–water partition coefficient (Wildman–Crippen LogP) is -0.139. The number of unbranched alkanes of at least 4 members (excludes halogenated alkanes) is 3. The largest absolute Gasteiger partial charge is 0.357 e. The van der Waals surface area contributed by atoms with E-state index in [2.05, 4.69) is 10.2 Å². The molecule has 2 atom stereocenters. The lowest BCUT2D eigenvalue weighted by molar-refractivity contribution is 0.345. The first-order valence-electron chi connectivity index (χ1n) is 6.51. The van der Waals surface area contributed by atoms with Crippen molar-refractivity contribution in [2.45, 2.75) is 37.8 Å². The molecule has 7 heteroatoms. The van der Waals surface area contributed by atoms with Crippen LogP contribution in [0.15, 0.2) is 0 Å². The van der Waals surface area contributed by atoms with Crippen LogP contribution in [-0.4, -0.2) is 55.1 Å². The van der Waals surface area contributed by atoms with E-state index < -0.39 is 9.84 Å².